The summed E-state index contributed by atoms with van der Waals surface area (Å²) in [6, 6.07) is 17.0. The van der Waals surface area contributed by atoms with E-state index in [0.717, 1.165) is 6.42 Å². The molecule has 2 aromatic carbocycles. The predicted molar refractivity (Wildman–Crippen MR) is 89.3 cm³/mol. The number of aliphatic hydroxyl groups excluding tert-OH is 1. The number of unbranched alkanes of at least 4 members (excludes halogenated alkanes) is 1. The number of aryl methyl sites for hydroxylation is 1. The maximum atomic E-state index is 9.06. The van der Waals surface area contributed by atoms with Gasteiger partial charge in [-0.2, -0.15) is 0 Å². The van der Waals surface area contributed by atoms with Crippen molar-refractivity contribution < 1.29 is 5.11 Å². The fourth-order valence-electron chi connectivity index (χ4n) is 2.49. The van der Waals surface area contributed by atoms with Crippen LogP contribution in [0.4, 0.5) is 0 Å². The summed E-state index contributed by atoms with van der Waals surface area (Å²) in [5.74, 6) is 0. The molecule has 0 bridgehead atoms. The van der Waals surface area contributed by atoms with Gasteiger partial charge in [0.05, 0.1) is 6.61 Å². The third-order valence-electron chi connectivity index (χ3n) is 3.77. The Morgan fingerprint density at radius 2 is 1.76 bits per heavy atom. The average Bonchev–Trinajstić information content (AvgIpc) is 2.53. The molecule has 21 heavy (non-hydrogen) atoms. The van der Waals surface area contributed by atoms with Gasteiger partial charge in [-0.05, 0) is 41.5 Å². The standard InChI is InChI=1S/C19H25NO/c1-2-3-5-15-8-10-17(11-9-15)18-7-4-6-16(12-18)13-19(20)14-21/h4,6-12,19,21H,2-3,5,13-14,20H2,1H3. The van der Waals surface area contributed by atoms with Gasteiger partial charge >= 0.3 is 0 Å². The molecule has 0 aromatic heterocycles. The molecule has 2 aromatic rings. The van der Waals surface area contributed by atoms with Gasteiger partial charge in [0, 0.05) is 6.04 Å². The lowest BCUT2D eigenvalue weighted by atomic mass is 9.98. The quantitative estimate of drug-likeness (QED) is 0.816. The molecule has 0 saturated carbocycles. The molecule has 0 radical (unpaired) electrons. The van der Waals surface area contributed by atoms with E-state index in [1.165, 1.54) is 35.1 Å². The molecule has 0 fully saturated rings. The second kappa shape index (κ2) is 7.96. The first-order chi connectivity index (χ1) is 10.2. The van der Waals surface area contributed by atoms with E-state index in [-0.39, 0.29) is 12.6 Å². The summed E-state index contributed by atoms with van der Waals surface area (Å²) in [7, 11) is 0. The highest BCUT2D eigenvalue weighted by molar-refractivity contribution is 5.64. The van der Waals surface area contributed by atoms with Crippen molar-refractivity contribution in [1.82, 2.24) is 0 Å². The Balaban J connectivity index is 2.12. The Bertz CT molecular complexity index is 548. The summed E-state index contributed by atoms with van der Waals surface area (Å²) >= 11 is 0. The zero-order chi connectivity index (χ0) is 15.1. The molecule has 0 amide bonds. The highest BCUT2D eigenvalue weighted by Gasteiger charge is 2.04. The number of benzene rings is 2. The largest absolute Gasteiger partial charge is 0.395 e. The Labute approximate surface area is 127 Å². The second-order valence-corrected chi connectivity index (χ2v) is 5.65. The minimum atomic E-state index is -0.184. The number of aliphatic hydroxyl groups is 1. The number of hydrogen-bond donors (Lipinski definition) is 2. The molecule has 3 N–H and O–H groups in total. The molecule has 1 unspecified atom stereocenters. The first kappa shape index (κ1) is 15.7. The summed E-state index contributed by atoms with van der Waals surface area (Å²) in [6.07, 6.45) is 4.34. The fraction of sp³-hybridized carbons (Fsp3) is 0.368. The van der Waals surface area contributed by atoms with Crippen molar-refractivity contribution >= 4 is 0 Å². The lowest BCUT2D eigenvalue weighted by Crippen LogP contribution is -2.26. The third-order valence-corrected chi connectivity index (χ3v) is 3.77. The molecule has 2 heteroatoms. The maximum absolute atomic E-state index is 9.06. The van der Waals surface area contributed by atoms with Gasteiger partial charge in [-0.15, -0.1) is 0 Å². The molecule has 0 aliphatic rings. The summed E-state index contributed by atoms with van der Waals surface area (Å²) in [6.45, 7) is 2.24. The van der Waals surface area contributed by atoms with Crippen molar-refractivity contribution in [3.8, 4) is 11.1 Å². The van der Waals surface area contributed by atoms with Crippen molar-refractivity contribution in [1.29, 1.82) is 0 Å². The maximum Gasteiger partial charge on any atom is 0.0585 e. The van der Waals surface area contributed by atoms with Crippen molar-refractivity contribution in [2.45, 2.75) is 38.6 Å². The van der Waals surface area contributed by atoms with Crippen LogP contribution in [-0.2, 0) is 12.8 Å². The molecule has 0 aliphatic heterocycles. The van der Waals surface area contributed by atoms with Crippen LogP contribution in [0.2, 0.25) is 0 Å². The van der Waals surface area contributed by atoms with E-state index >= 15 is 0 Å². The third kappa shape index (κ3) is 4.69. The molecule has 0 aliphatic carbocycles. The van der Waals surface area contributed by atoms with Crippen molar-refractivity contribution in [3.63, 3.8) is 0 Å². The van der Waals surface area contributed by atoms with Crippen molar-refractivity contribution in [2.24, 2.45) is 5.73 Å². The molecule has 2 rings (SSSR count). The Hall–Kier alpha value is -1.64. The number of nitrogens with two attached hydrogens (primary N) is 1. The highest BCUT2D eigenvalue weighted by atomic mass is 16.3. The van der Waals surface area contributed by atoms with Crippen LogP contribution in [0.25, 0.3) is 11.1 Å². The first-order valence-electron chi connectivity index (χ1n) is 7.77. The Kier molecular flexibility index (Phi) is 5.97. The monoisotopic (exact) mass is 283 g/mol. The van der Waals surface area contributed by atoms with Crippen molar-refractivity contribution in [2.75, 3.05) is 6.61 Å². The van der Waals surface area contributed by atoms with Crippen LogP contribution in [0.3, 0.4) is 0 Å². The van der Waals surface area contributed by atoms with Crippen LogP contribution < -0.4 is 5.73 Å². The lowest BCUT2D eigenvalue weighted by molar-refractivity contribution is 0.265. The van der Waals surface area contributed by atoms with Crippen LogP contribution >= 0.6 is 0 Å². The number of rotatable bonds is 7. The van der Waals surface area contributed by atoms with Crippen LogP contribution in [0.1, 0.15) is 30.9 Å². The lowest BCUT2D eigenvalue weighted by Gasteiger charge is -2.10. The van der Waals surface area contributed by atoms with E-state index in [9.17, 15) is 0 Å². The van der Waals surface area contributed by atoms with Gasteiger partial charge in [0.1, 0.15) is 0 Å². The SMILES string of the molecule is CCCCc1ccc(-c2cccc(CC(N)CO)c2)cc1. The van der Waals surface area contributed by atoms with E-state index in [0.29, 0.717) is 6.42 Å². The van der Waals surface area contributed by atoms with Crippen LogP contribution in [0, 0.1) is 0 Å². The van der Waals surface area contributed by atoms with Crippen LogP contribution in [0.5, 0.6) is 0 Å². The van der Waals surface area contributed by atoms with E-state index < -0.39 is 0 Å². The van der Waals surface area contributed by atoms with Gasteiger partial charge in [-0.1, -0.05) is 61.9 Å². The summed E-state index contributed by atoms with van der Waals surface area (Å²) < 4.78 is 0. The smallest absolute Gasteiger partial charge is 0.0585 e. The molecule has 1 atom stereocenters. The van der Waals surface area contributed by atoms with Gasteiger partial charge in [0.25, 0.3) is 0 Å². The summed E-state index contributed by atoms with van der Waals surface area (Å²) in [5, 5.41) is 9.06. The van der Waals surface area contributed by atoms with E-state index in [1.807, 2.05) is 0 Å². The Morgan fingerprint density at radius 3 is 2.43 bits per heavy atom. The molecule has 0 heterocycles. The number of hydrogen-bond acceptors (Lipinski definition) is 2. The molecule has 112 valence electrons. The van der Waals surface area contributed by atoms with E-state index in [4.69, 9.17) is 10.8 Å². The molecule has 2 nitrogen and oxygen atoms in total. The topological polar surface area (TPSA) is 46.2 Å². The zero-order valence-electron chi connectivity index (χ0n) is 12.8. The van der Waals surface area contributed by atoms with Gasteiger partial charge in [0.15, 0.2) is 0 Å². The predicted octanol–water partition coefficient (Wildman–Crippen LogP) is 3.56. The molecular weight excluding hydrogens is 258 g/mol. The van der Waals surface area contributed by atoms with Gasteiger partial charge in [0.2, 0.25) is 0 Å². The average molecular weight is 283 g/mol. The Morgan fingerprint density at radius 1 is 1.00 bits per heavy atom. The molecule has 0 spiro atoms. The molecular formula is C19H25NO. The highest BCUT2D eigenvalue weighted by Crippen LogP contribution is 2.22. The zero-order valence-corrected chi connectivity index (χ0v) is 12.8. The minimum absolute atomic E-state index is 0.0242. The van der Waals surface area contributed by atoms with Crippen molar-refractivity contribution in [3.05, 3.63) is 59.7 Å². The van der Waals surface area contributed by atoms with Crippen LogP contribution in [-0.4, -0.2) is 17.8 Å². The van der Waals surface area contributed by atoms with E-state index in [1.54, 1.807) is 0 Å². The van der Waals surface area contributed by atoms with E-state index in [2.05, 4.69) is 55.5 Å². The molecule has 0 saturated heterocycles. The van der Waals surface area contributed by atoms with Gasteiger partial charge in [-0.3, -0.25) is 0 Å². The second-order valence-electron chi connectivity index (χ2n) is 5.65. The normalized spacial score (nSPS) is 12.3. The van der Waals surface area contributed by atoms with Gasteiger partial charge < -0.3 is 10.8 Å². The summed E-state index contributed by atoms with van der Waals surface area (Å²) in [4.78, 5) is 0. The van der Waals surface area contributed by atoms with Crippen LogP contribution in [0.15, 0.2) is 48.5 Å². The fourth-order valence-corrected chi connectivity index (χ4v) is 2.49. The minimum Gasteiger partial charge on any atom is -0.395 e. The summed E-state index contributed by atoms with van der Waals surface area (Å²) in [5.41, 5.74) is 10.8. The van der Waals surface area contributed by atoms with Gasteiger partial charge in [-0.25, -0.2) is 0 Å². The first-order valence-corrected chi connectivity index (χ1v) is 7.77.